The molecule has 0 amide bonds. The summed E-state index contributed by atoms with van der Waals surface area (Å²) in [6.07, 6.45) is 5.13. The Balaban J connectivity index is 0. The molecule has 4 nitrogen and oxygen atoms in total. The fourth-order valence-corrected chi connectivity index (χ4v) is 0.759. The van der Waals surface area contributed by atoms with Gasteiger partial charge in [0, 0.05) is 0 Å². The van der Waals surface area contributed by atoms with E-state index in [0.717, 1.165) is 6.42 Å². The molecule has 0 spiro atoms. The number of nitrogens with two attached hydrogens (primary N) is 3. The highest BCUT2D eigenvalue weighted by atomic mass is 15.0. The fourth-order valence-electron chi connectivity index (χ4n) is 0.759. The van der Waals surface area contributed by atoms with Gasteiger partial charge in [0.05, 0.1) is 6.17 Å². The third kappa shape index (κ3) is 12.9. The zero-order valence-corrected chi connectivity index (χ0v) is 7.64. The van der Waals surface area contributed by atoms with Gasteiger partial charge in [-0.3, -0.25) is 11.7 Å². The molecular weight excluding hydrogens is 140 g/mol. The van der Waals surface area contributed by atoms with Crippen molar-refractivity contribution in [1.82, 2.24) is 5.32 Å². The smallest absolute Gasteiger partial charge is 0.0543 e. The van der Waals surface area contributed by atoms with Gasteiger partial charge >= 0.3 is 0 Å². The van der Waals surface area contributed by atoms with Crippen LogP contribution in [0.25, 0.3) is 0 Å². The second-order valence-electron chi connectivity index (χ2n) is 2.39. The van der Waals surface area contributed by atoms with Gasteiger partial charge in [0.2, 0.25) is 0 Å². The Kier molecular flexibility index (Phi) is 15.3. The monoisotopic (exact) mass is 162 g/mol. The Morgan fingerprint density at radius 3 is 2.18 bits per heavy atom. The van der Waals surface area contributed by atoms with Gasteiger partial charge in [-0.2, -0.15) is 0 Å². The van der Waals surface area contributed by atoms with Gasteiger partial charge in [0.25, 0.3) is 0 Å². The summed E-state index contributed by atoms with van der Waals surface area (Å²) in [5.74, 6) is 8.00. The average molecular weight is 162 g/mol. The van der Waals surface area contributed by atoms with Crippen molar-refractivity contribution in [3.8, 4) is 0 Å². The molecule has 0 aliphatic rings. The minimum atomic E-state index is 0.205. The summed E-state index contributed by atoms with van der Waals surface area (Å²) < 4.78 is 0. The molecule has 0 rings (SSSR count). The van der Waals surface area contributed by atoms with E-state index >= 15 is 0 Å². The molecule has 1 unspecified atom stereocenters. The molecule has 0 bridgehead atoms. The third-order valence-corrected chi connectivity index (χ3v) is 1.49. The molecule has 0 aliphatic carbocycles. The maximum absolute atomic E-state index is 5.60. The SMILES string of the molecule is CCCCCC(N)NC.NN. The highest BCUT2D eigenvalue weighted by Crippen LogP contribution is 1.98. The van der Waals surface area contributed by atoms with Crippen LogP contribution >= 0.6 is 0 Å². The molecule has 0 saturated heterocycles. The number of hydrogen-bond donors (Lipinski definition) is 4. The van der Waals surface area contributed by atoms with Crippen molar-refractivity contribution in [1.29, 1.82) is 0 Å². The summed E-state index contributed by atoms with van der Waals surface area (Å²) >= 11 is 0. The van der Waals surface area contributed by atoms with Gasteiger partial charge in [0.1, 0.15) is 0 Å². The molecule has 0 aliphatic heterocycles. The lowest BCUT2D eigenvalue weighted by Crippen LogP contribution is -2.33. The summed E-state index contributed by atoms with van der Waals surface area (Å²) in [5.41, 5.74) is 5.60. The molecule has 0 radical (unpaired) electrons. The third-order valence-electron chi connectivity index (χ3n) is 1.49. The Bertz CT molecular complexity index is 58.4. The van der Waals surface area contributed by atoms with Crippen LogP contribution in [0.2, 0.25) is 0 Å². The lowest BCUT2D eigenvalue weighted by atomic mass is 10.2. The Labute approximate surface area is 69.5 Å². The van der Waals surface area contributed by atoms with Crippen molar-refractivity contribution < 1.29 is 0 Å². The van der Waals surface area contributed by atoms with E-state index in [0.29, 0.717) is 0 Å². The predicted molar refractivity (Wildman–Crippen MR) is 49.6 cm³/mol. The second-order valence-corrected chi connectivity index (χ2v) is 2.39. The minimum absolute atomic E-state index is 0.205. The molecule has 0 aromatic carbocycles. The van der Waals surface area contributed by atoms with E-state index in [-0.39, 0.29) is 6.17 Å². The second kappa shape index (κ2) is 12.5. The number of hydrogen-bond acceptors (Lipinski definition) is 4. The van der Waals surface area contributed by atoms with Crippen LogP contribution in [0.15, 0.2) is 0 Å². The van der Waals surface area contributed by atoms with Crippen molar-refractivity contribution in [3.63, 3.8) is 0 Å². The number of rotatable bonds is 5. The Morgan fingerprint density at radius 2 is 1.82 bits per heavy atom. The van der Waals surface area contributed by atoms with Crippen LogP contribution in [0, 0.1) is 0 Å². The number of hydrazine groups is 1. The fraction of sp³-hybridized carbons (Fsp3) is 1.00. The van der Waals surface area contributed by atoms with Crippen molar-refractivity contribution in [3.05, 3.63) is 0 Å². The predicted octanol–water partition coefficient (Wildman–Crippen LogP) is -0.110. The lowest BCUT2D eigenvalue weighted by Gasteiger charge is -2.07. The molecule has 70 valence electrons. The first-order chi connectivity index (χ1) is 5.31. The van der Waals surface area contributed by atoms with Crippen LogP contribution in [-0.2, 0) is 0 Å². The van der Waals surface area contributed by atoms with E-state index in [1.165, 1.54) is 19.3 Å². The van der Waals surface area contributed by atoms with Crippen molar-refractivity contribution >= 4 is 0 Å². The zero-order valence-electron chi connectivity index (χ0n) is 7.64. The lowest BCUT2D eigenvalue weighted by molar-refractivity contribution is 0.507. The van der Waals surface area contributed by atoms with Crippen LogP contribution in [-0.4, -0.2) is 13.2 Å². The standard InChI is InChI=1S/C7H18N2.H4N2/c1-3-4-5-6-7(8)9-2;1-2/h7,9H,3-6,8H2,1-2H3;1-2H2. The van der Waals surface area contributed by atoms with Crippen LogP contribution < -0.4 is 22.7 Å². The zero-order chi connectivity index (χ0) is 9.11. The van der Waals surface area contributed by atoms with Crippen LogP contribution in [0.3, 0.4) is 0 Å². The molecule has 0 aromatic rings. The van der Waals surface area contributed by atoms with Gasteiger partial charge in [0.15, 0.2) is 0 Å². The Hall–Kier alpha value is -0.160. The van der Waals surface area contributed by atoms with Gasteiger partial charge in [-0.25, -0.2) is 0 Å². The molecule has 0 heterocycles. The Morgan fingerprint density at radius 1 is 1.27 bits per heavy atom. The maximum Gasteiger partial charge on any atom is 0.0543 e. The molecular formula is C7H22N4. The van der Waals surface area contributed by atoms with E-state index in [4.69, 9.17) is 5.73 Å². The van der Waals surface area contributed by atoms with Gasteiger partial charge in [-0.1, -0.05) is 26.2 Å². The van der Waals surface area contributed by atoms with Crippen molar-refractivity contribution in [2.45, 2.75) is 38.8 Å². The van der Waals surface area contributed by atoms with Crippen molar-refractivity contribution in [2.75, 3.05) is 7.05 Å². The van der Waals surface area contributed by atoms with Crippen LogP contribution in [0.4, 0.5) is 0 Å². The molecule has 4 heteroatoms. The van der Waals surface area contributed by atoms with E-state index in [9.17, 15) is 0 Å². The largest absolute Gasteiger partial charge is 0.316 e. The average Bonchev–Trinajstić information content (AvgIpc) is 2.08. The summed E-state index contributed by atoms with van der Waals surface area (Å²) in [5, 5.41) is 3.00. The maximum atomic E-state index is 5.60. The quantitative estimate of drug-likeness (QED) is 0.196. The van der Waals surface area contributed by atoms with E-state index in [1.54, 1.807) is 0 Å². The van der Waals surface area contributed by atoms with E-state index in [2.05, 4.69) is 23.9 Å². The summed E-state index contributed by atoms with van der Waals surface area (Å²) in [4.78, 5) is 0. The number of unbranched alkanes of at least 4 members (excludes halogenated alkanes) is 2. The molecule has 0 fully saturated rings. The summed E-state index contributed by atoms with van der Waals surface area (Å²) in [6.45, 7) is 2.20. The first-order valence-corrected chi connectivity index (χ1v) is 4.07. The molecule has 0 aromatic heterocycles. The van der Waals surface area contributed by atoms with E-state index in [1.807, 2.05) is 7.05 Å². The summed E-state index contributed by atoms with van der Waals surface area (Å²) in [7, 11) is 1.90. The molecule has 1 atom stereocenters. The van der Waals surface area contributed by atoms with Gasteiger partial charge in [-0.15, -0.1) is 0 Å². The van der Waals surface area contributed by atoms with Crippen molar-refractivity contribution in [2.24, 2.45) is 17.4 Å². The topological polar surface area (TPSA) is 90.1 Å². The first kappa shape index (κ1) is 13.4. The normalized spacial score (nSPS) is 11.7. The summed E-state index contributed by atoms with van der Waals surface area (Å²) in [6, 6.07) is 0. The highest BCUT2D eigenvalue weighted by Gasteiger charge is 1.94. The van der Waals surface area contributed by atoms with Crippen LogP contribution in [0.5, 0.6) is 0 Å². The van der Waals surface area contributed by atoms with Crippen LogP contribution in [0.1, 0.15) is 32.6 Å². The van der Waals surface area contributed by atoms with Gasteiger partial charge < -0.3 is 11.1 Å². The highest BCUT2D eigenvalue weighted by molar-refractivity contribution is 4.53. The van der Waals surface area contributed by atoms with Gasteiger partial charge in [-0.05, 0) is 13.5 Å². The molecule has 0 saturated carbocycles. The molecule has 7 N–H and O–H groups in total. The number of nitrogens with one attached hydrogen (secondary N) is 1. The van der Waals surface area contributed by atoms with E-state index < -0.39 is 0 Å². The first-order valence-electron chi connectivity index (χ1n) is 4.07. The minimum Gasteiger partial charge on any atom is -0.316 e. The molecule has 11 heavy (non-hydrogen) atoms.